The van der Waals surface area contributed by atoms with Gasteiger partial charge in [-0.05, 0) is 50.7 Å². The quantitative estimate of drug-likeness (QED) is 0.750. The normalized spacial score (nSPS) is 16.5. The van der Waals surface area contributed by atoms with E-state index in [2.05, 4.69) is 22.5 Å². The Hall–Kier alpha value is -1.59. The minimum Gasteiger partial charge on any atom is -0.497 e. The van der Waals surface area contributed by atoms with Crippen LogP contribution in [0.2, 0.25) is 0 Å². The van der Waals surface area contributed by atoms with E-state index in [1.54, 1.807) is 19.2 Å². The molecule has 0 unspecified atom stereocenters. The number of benzene rings is 1. The van der Waals surface area contributed by atoms with Crippen LogP contribution in [0.15, 0.2) is 24.3 Å². The van der Waals surface area contributed by atoms with Gasteiger partial charge in [0.1, 0.15) is 5.75 Å². The summed E-state index contributed by atoms with van der Waals surface area (Å²) in [5.74, 6) is 0.648. The van der Waals surface area contributed by atoms with Gasteiger partial charge in [0.15, 0.2) is 0 Å². The van der Waals surface area contributed by atoms with Gasteiger partial charge in [-0.3, -0.25) is 4.79 Å². The zero-order valence-electron chi connectivity index (χ0n) is 13.6. The van der Waals surface area contributed by atoms with Gasteiger partial charge in [0.25, 0.3) is 5.91 Å². The molecule has 1 aliphatic rings. The second-order valence-corrected chi connectivity index (χ2v) is 5.65. The lowest BCUT2D eigenvalue weighted by molar-refractivity contribution is 0.0952. The zero-order valence-corrected chi connectivity index (χ0v) is 13.6. The third-order valence-corrected chi connectivity index (χ3v) is 4.21. The molecule has 1 aromatic carbocycles. The number of piperidine rings is 1. The van der Waals surface area contributed by atoms with E-state index in [4.69, 9.17) is 4.74 Å². The van der Waals surface area contributed by atoms with Crippen LogP contribution in [0, 0.1) is 0 Å². The van der Waals surface area contributed by atoms with Gasteiger partial charge in [-0.15, -0.1) is 0 Å². The van der Waals surface area contributed by atoms with Gasteiger partial charge in [-0.2, -0.15) is 0 Å². The Kier molecular flexibility index (Phi) is 6.68. The number of amides is 1. The zero-order chi connectivity index (χ0) is 15.8. The first-order valence-electron chi connectivity index (χ1n) is 8.11. The maximum atomic E-state index is 12.0. The lowest BCUT2D eigenvalue weighted by Crippen LogP contribution is -2.44. The lowest BCUT2D eigenvalue weighted by atomic mass is 10.1. The predicted octanol–water partition coefficient (Wildman–Crippen LogP) is 1.50. The van der Waals surface area contributed by atoms with Gasteiger partial charge >= 0.3 is 0 Å². The summed E-state index contributed by atoms with van der Waals surface area (Å²) in [4.78, 5) is 14.5. The van der Waals surface area contributed by atoms with Gasteiger partial charge in [0, 0.05) is 24.7 Å². The topological polar surface area (TPSA) is 53.6 Å². The number of methoxy groups -OCH3 is 1. The molecule has 2 N–H and O–H groups in total. The Bertz CT molecular complexity index is 471. The van der Waals surface area contributed by atoms with Crippen LogP contribution in [0.25, 0.3) is 0 Å². The first-order valence-corrected chi connectivity index (χ1v) is 8.11. The van der Waals surface area contributed by atoms with Crippen LogP contribution in [-0.2, 0) is 0 Å². The summed E-state index contributed by atoms with van der Waals surface area (Å²) in [6.45, 7) is 7.15. The molecule has 1 fully saturated rings. The third kappa shape index (κ3) is 5.00. The standard InChI is InChI=1S/C17H27N3O2/c1-3-20-11-7-15(8-12-20)18-9-10-19-17(21)14-5-4-6-16(13-14)22-2/h4-6,13,15,18H,3,7-12H2,1-2H3,(H,19,21). The van der Waals surface area contributed by atoms with E-state index in [9.17, 15) is 4.79 Å². The molecule has 0 aromatic heterocycles. The van der Waals surface area contributed by atoms with Crippen molar-refractivity contribution in [2.45, 2.75) is 25.8 Å². The molecule has 0 atom stereocenters. The summed E-state index contributed by atoms with van der Waals surface area (Å²) in [6, 6.07) is 7.79. The molecule has 1 heterocycles. The van der Waals surface area contributed by atoms with Crippen molar-refractivity contribution in [3.8, 4) is 5.75 Å². The Morgan fingerprint density at radius 1 is 1.32 bits per heavy atom. The van der Waals surface area contributed by atoms with Gasteiger partial charge < -0.3 is 20.3 Å². The Morgan fingerprint density at radius 2 is 2.09 bits per heavy atom. The van der Waals surface area contributed by atoms with Gasteiger partial charge in [-0.1, -0.05) is 13.0 Å². The molecule has 5 nitrogen and oxygen atoms in total. The molecule has 22 heavy (non-hydrogen) atoms. The predicted molar refractivity (Wildman–Crippen MR) is 88.5 cm³/mol. The molecule has 1 saturated heterocycles. The summed E-state index contributed by atoms with van der Waals surface area (Å²) < 4.78 is 5.13. The summed E-state index contributed by atoms with van der Waals surface area (Å²) >= 11 is 0. The van der Waals surface area contributed by atoms with E-state index in [1.165, 1.54) is 25.9 Å². The number of likely N-dealkylation sites (tertiary alicyclic amines) is 1. The molecular weight excluding hydrogens is 278 g/mol. The second-order valence-electron chi connectivity index (χ2n) is 5.65. The van der Waals surface area contributed by atoms with Crippen LogP contribution in [0.5, 0.6) is 5.75 Å². The van der Waals surface area contributed by atoms with Crippen molar-refractivity contribution in [3.05, 3.63) is 29.8 Å². The number of carbonyl (C=O) groups is 1. The minimum atomic E-state index is -0.0542. The van der Waals surface area contributed by atoms with E-state index in [0.29, 0.717) is 23.9 Å². The van der Waals surface area contributed by atoms with Crippen molar-refractivity contribution in [1.29, 1.82) is 0 Å². The van der Waals surface area contributed by atoms with Crippen molar-refractivity contribution in [2.75, 3.05) is 39.8 Å². The SMILES string of the molecule is CCN1CCC(NCCNC(=O)c2cccc(OC)c2)CC1. The number of nitrogens with zero attached hydrogens (tertiary/aromatic N) is 1. The first-order chi connectivity index (χ1) is 10.7. The molecule has 1 aromatic rings. The average molecular weight is 305 g/mol. The number of rotatable bonds is 7. The maximum Gasteiger partial charge on any atom is 0.251 e. The molecule has 0 spiro atoms. The lowest BCUT2D eigenvalue weighted by Gasteiger charge is -2.31. The number of ether oxygens (including phenoxy) is 1. The Balaban J connectivity index is 1.65. The summed E-state index contributed by atoms with van der Waals surface area (Å²) in [5, 5.41) is 6.47. The molecule has 0 radical (unpaired) electrons. The van der Waals surface area contributed by atoms with Crippen LogP contribution >= 0.6 is 0 Å². The Morgan fingerprint density at radius 3 is 2.77 bits per heavy atom. The molecular formula is C17H27N3O2. The van der Waals surface area contributed by atoms with E-state index in [-0.39, 0.29) is 5.91 Å². The fourth-order valence-corrected chi connectivity index (χ4v) is 2.77. The number of carbonyl (C=O) groups excluding carboxylic acids is 1. The number of hydrogen-bond donors (Lipinski definition) is 2. The summed E-state index contributed by atoms with van der Waals surface area (Å²) in [6.07, 6.45) is 2.38. The molecule has 2 rings (SSSR count). The molecule has 0 saturated carbocycles. The first kappa shape index (κ1) is 16.8. The highest BCUT2D eigenvalue weighted by Gasteiger charge is 2.17. The monoisotopic (exact) mass is 305 g/mol. The van der Waals surface area contributed by atoms with E-state index in [1.807, 2.05) is 12.1 Å². The minimum absolute atomic E-state index is 0.0542. The van der Waals surface area contributed by atoms with Crippen molar-refractivity contribution in [2.24, 2.45) is 0 Å². The van der Waals surface area contributed by atoms with Gasteiger partial charge in [-0.25, -0.2) is 0 Å². The van der Waals surface area contributed by atoms with Crippen LogP contribution in [0.1, 0.15) is 30.1 Å². The van der Waals surface area contributed by atoms with E-state index < -0.39 is 0 Å². The fraction of sp³-hybridized carbons (Fsp3) is 0.588. The van der Waals surface area contributed by atoms with Gasteiger partial charge in [0.2, 0.25) is 0 Å². The molecule has 122 valence electrons. The van der Waals surface area contributed by atoms with Crippen LogP contribution < -0.4 is 15.4 Å². The molecule has 0 bridgehead atoms. The van der Waals surface area contributed by atoms with Crippen molar-refractivity contribution >= 4 is 5.91 Å². The highest BCUT2D eigenvalue weighted by atomic mass is 16.5. The van der Waals surface area contributed by atoms with Crippen LogP contribution in [-0.4, -0.2) is 56.7 Å². The van der Waals surface area contributed by atoms with Crippen molar-refractivity contribution in [3.63, 3.8) is 0 Å². The second kappa shape index (κ2) is 8.76. The number of hydrogen-bond acceptors (Lipinski definition) is 4. The molecule has 5 heteroatoms. The smallest absolute Gasteiger partial charge is 0.251 e. The summed E-state index contributed by atoms with van der Waals surface area (Å²) in [7, 11) is 1.60. The number of nitrogens with one attached hydrogen (secondary N) is 2. The average Bonchev–Trinajstić information content (AvgIpc) is 2.59. The van der Waals surface area contributed by atoms with Crippen LogP contribution in [0.4, 0.5) is 0 Å². The van der Waals surface area contributed by atoms with Crippen molar-refractivity contribution in [1.82, 2.24) is 15.5 Å². The maximum absolute atomic E-state index is 12.0. The third-order valence-electron chi connectivity index (χ3n) is 4.21. The fourth-order valence-electron chi connectivity index (χ4n) is 2.77. The highest BCUT2D eigenvalue weighted by Crippen LogP contribution is 2.12. The summed E-state index contributed by atoms with van der Waals surface area (Å²) in [5.41, 5.74) is 0.635. The van der Waals surface area contributed by atoms with E-state index in [0.717, 1.165) is 13.1 Å². The molecule has 0 aliphatic carbocycles. The van der Waals surface area contributed by atoms with Crippen molar-refractivity contribution < 1.29 is 9.53 Å². The largest absolute Gasteiger partial charge is 0.497 e. The van der Waals surface area contributed by atoms with Crippen LogP contribution in [0.3, 0.4) is 0 Å². The molecule has 1 aliphatic heterocycles. The molecule has 1 amide bonds. The van der Waals surface area contributed by atoms with Gasteiger partial charge in [0.05, 0.1) is 7.11 Å². The van der Waals surface area contributed by atoms with E-state index >= 15 is 0 Å². The Labute approximate surface area is 133 Å². The highest BCUT2D eigenvalue weighted by molar-refractivity contribution is 5.94.